The van der Waals surface area contributed by atoms with Gasteiger partial charge in [0, 0.05) is 39.0 Å². The molecule has 0 aliphatic heterocycles. The smallest absolute Gasteiger partial charge is 0.164 e. The predicted octanol–water partition coefficient (Wildman–Crippen LogP) is 16.5. The molecule has 0 spiro atoms. The molecule has 0 radical (unpaired) electrons. The van der Waals surface area contributed by atoms with Crippen molar-refractivity contribution in [1.82, 2.24) is 19.9 Å². The summed E-state index contributed by atoms with van der Waals surface area (Å²) in [5.74, 6) is 4.57. The number of nitrogens with zero attached hydrogens (tertiary/aromatic N) is 4. The Morgan fingerprint density at radius 1 is 0.362 bits per heavy atom. The molecule has 4 saturated carbocycles. The third-order valence-electron chi connectivity index (χ3n) is 15.7. The second-order valence-corrected chi connectivity index (χ2v) is 20.1. The van der Waals surface area contributed by atoms with Crippen LogP contribution in [0.3, 0.4) is 0 Å². The minimum atomic E-state index is 0.383. The highest BCUT2D eigenvalue weighted by atomic mass is 16.3. The van der Waals surface area contributed by atoms with E-state index < -0.39 is 0 Å². The first-order valence-electron chi connectivity index (χ1n) is 24.6. The maximum Gasteiger partial charge on any atom is 0.164 e. The van der Waals surface area contributed by atoms with Crippen molar-refractivity contribution in [3.8, 4) is 78.7 Å². The molecule has 5 nitrogen and oxygen atoms in total. The zero-order valence-corrected chi connectivity index (χ0v) is 38.2. The standard InChI is InChI=1S/C64H48N4O/c1-3-9-43(10-4-1)48-13-7-14-49(32-48)62-66-61(67-63(68-62)50-22-25-56-59(36-50)69-58-27-26-57-55(60(56)58)15-8-28-65-57)47-18-16-45(17-19-47)52-33-51(44-11-5-2-6-12-44)34-53(35-52)46-20-23-54(24-21-46)64-37-40-29-41(38-64)31-42(30-40)39-64/h1-28,32-36,40-42H,29-31,37-39H2. The molecular formula is C64H48N4O. The molecule has 0 amide bonds. The third-order valence-corrected chi connectivity index (χ3v) is 15.7. The van der Waals surface area contributed by atoms with Gasteiger partial charge < -0.3 is 4.42 Å². The van der Waals surface area contributed by atoms with Crippen molar-refractivity contribution in [2.24, 2.45) is 17.8 Å². The van der Waals surface area contributed by atoms with Gasteiger partial charge in [0.2, 0.25) is 0 Å². The Morgan fingerprint density at radius 2 is 0.855 bits per heavy atom. The summed E-state index contributed by atoms with van der Waals surface area (Å²) in [6.45, 7) is 0. The molecule has 4 aliphatic rings. The molecule has 5 heteroatoms. The van der Waals surface area contributed by atoms with Gasteiger partial charge in [-0.25, -0.2) is 15.0 Å². The van der Waals surface area contributed by atoms with E-state index in [1.807, 2.05) is 30.5 Å². The molecule has 4 bridgehead atoms. The minimum Gasteiger partial charge on any atom is -0.456 e. The summed E-state index contributed by atoms with van der Waals surface area (Å²) >= 11 is 0. The van der Waals surface area contributed by atoms with Gasteiger partial charge in [0.25, 0.3) is 0 Å². The van der Waals surface area contributed by atoms with Gasteiger partial charge in [-0.05, 0) is 166 Å². The Hall–Kier alpha value is -8.02. The molecule has 330 valence electrons. The molecule has 0 N–H and O–H groups in total. The Kier molecular flexibility index (Phi) is 9.33. The number of hydrogen-bond donors (Lipinski definition) is 0. The quantitative estimate of drug-likeness (QED) is 0.152. The summed E-state index contributed by atoms with van der Waals surface area (Å²) in [6.07, 6.45) is 10.4. The van der Waals surface area contributed by atoms with Crippen molar-refractivity contribution >= 4 is 32.8 Å². The third kappa shape index (κ3) is 7.15. The average molecular weight is 889 g/mol. The highest BCUT2D eigenvalue weighted by Gasteiger charge is 2.51. The van der Waals surface area contributed by atoms with E-state index >= 15 is 0 Å². The molecule has 3 aromatic heterocycles. The van der Waals surface area contributed by atoms with Crippen LogP contribution in [0.1, 0.15) is 44.1 Å². The van der Waals surface area contributed by atoms with E-state index in [0.717, 1.165) is 84.0 Å². The van der Waals surface area contributed by atoms with Crippen LogP contribution < -0.4 is 0 Å². The monoisotopic (exact) mass is 888 g/mol. The lowest BCUT2D eigenvalue weighted by atomic mass is 9.48. The SMILES string of the molecule is c1ccc(-c2cc(-c3ccc(-c4nc(-c5cccc(-c6ccccc6)c5)nc(-c5ccc6c(c5)oc5ccc7ncccc7c56)n4)cc3)cc(-c3ccc(C45CC6CC(CC(C6)C4)C5)cc3)c2)cc1. The van der Waals surface area contributed by atoms with Crippen LogP contribution in [-0.2, 0) is 5.41 Å². The molecule has 4 aliphatic carbocycles. The number of pyridine rings is 1. The fourth-order valence-corrected chi connectivity index (χ4v) is 12.8. The van der Waals surface area contributed by atoms with Crippen LogP contribution in [0, 0.1) is 17.8 Å². The van der Waals surface area contributed by atoms with Gasteiger partial charge in [0.1, 0.15) is 11.2 Å². The van der Waals surface area contributed by atoms with Crippen LogP contribution in [0.5, 0.6) is 0 Å². The maximum absolute atomic E-state index is 6.50. The molecule has 11 aromatic rings. The summed E-state index contributed by atoms with van der Waals surface area (Å²) in [4.78, 5) is 20.1. The van der Waals surface area contributed by atoms with Gasteiger partial charge >= 0.3 is 0 Å². The number of rotatable bonds is 8. The Balaban J connectivity index is 0.848. The molecule has 0 saturated heterocycles. The highest BCUT2D eigenvalue weighted by molar-refractivity contribution is 6.18. The minimum absolute atomic E-state index is 0.383. The van der Waals surface area contributed by atoms with Crippen molar-refractivity contribution in [2.75, 3.05) is 0 Å². The van der Waals surface area contributed by atoms with Crippen molar-refractivity contribution in [2.45, 2.75) is 43.9 Å². The van der Waals surface area contributed by atoms with Gasteiger partial charge in [-0.3, -0.25) is 4.98 Å². The zero-order valence-electron chi connectivity index (χ0n) is 38.2. The Labute approximate surface area is 401 Å². The van der Waals surface area contributed by atoms with Gasteiger partial charge in [-0.15, -0.1) is 0 Å². The van der Waals surface area contributed by atoms with Gasteiger partial charge in [0.05, 0.1) is 5.52 Å². The van der Waals surface area contributed by atoms with Crippen LogP contribution >= 0.6 is 0 Å². The summed E-state index contributed by atoms with van der Waals surface area (Å²) in [5.41, 5.74) is 16.6. The molecular weight excluding hydrogens is 841 g/mol. The van der Waals surface area contributed by atoms with Gasteiger partial charge in [0.15, 0.2) is 17.5 Å². The lowest BCUT2D eigenvalue weighted by molar-refractivity contribution is -0.00518. The fourth-order valence-electron chi connectivity index (χ4n) is 12.8. The predicted molar refractivity (Wildman–Crippen MR) is 280 cm³/mol. The number of aromatic nitrogens is 4. The highest BCUT2D eigenvalue weighted by Crippen LogP contribution is 2.61. The maximum atomic E-state index is 6.50. The second-order valence-electron chi connectivity index (χ2n) is 20.1. The molecule has 15 rings (SSSR count). The lowest BCUT2D eigenvalue weighted by Gasteiger charge is -2.57. The summed E-state index contributed by atoms with van der Waals surface area (Å²) in [6, 6.07) is 69.5. The van der Waals surface area contributed by atoms with Crippen molar-refractivity contribution in [3.05, 3.63) is 206 Å². The van der Waals surface area contributed by atoms with Gasteiger partial charge in [-0.2, -0.15) is 0 Å². The number of benzene rings is 8. The second kappa shape index (κ2) is 16.1. The first-order valence-corrected chi connectivity index (χ1v) is 24.6. The number of hydrogen-bond acceptors (Lipinski definition) is 5. The topological polar surface area (TPSA) is 64.7 Å². The van der Waals surface area contributed by atoms with E-state index in [1.54, 1.807) is 5.56 Å². The molecule has 0 atom stereocenters. The van der Waals surface area contributed by atoms with Crippen LogP contribution in [0.15, 0.2) is 205 Å². The number of furan rings is 1. The van der Waals surface area contributed by atoms with E-state index in [4.69, 9.17) is 19.4 Å². The molecule has 0 unspecified atom stereocenters. The number of fused-ring (bicyclic) bond motifs is 5. The molecule has 8 aromatic carbocycles. The van der Waals surface area contributed by atoms with Crippen LogP contribution in [-0.4, -0.2) is 19.9 Å². The Bertz CT molecular complexity index is 3710. The zero-order chi connectivity index (χ0) is 45.5. The lowest BCUT2D eigenvalue weighted by Crippen LogP contribution is -2.48. The largest absolute Gasteiger partial charge is 0.456 e. The van der Waals surface area contributed by atoms with E-state index in [9.17, 15) is 0 Å². The Morgan fingerprint density at radius 3 is 1.49 bits per heavy atom. The van der Waals surface area contributed by atoms with Crippen LogP contribution in [0.25, 0.3) is 112 Å². The van der Waals surface area contributed by atoms with Crippen molar-refractivity contribution in [3.63, 3.8) is 0 Å². The summed E-state index contributed by atoms with van der Waals surface area (Å²) < 4.78 is 6.50. The van der Waals surface area contributed by atoms with E-state index in [0.29, 0.717) is 22.9 Å². The molecule has 3 heterocycles. The molecule has 69 heavy (non-hydrogen) atoms. The summed E-state index contributed by atoms with van der Waals surface area (Å²) in [7, 11) is 0. The van der Waals surface area contributed by atoms with E-state index in [1.165, 1.54) is 66.3 Å². The average Bonchev–Trinajstić information content (AvgIpc) is 3.80. The van der Waals surface area contributed by atoms with Crippen LogP contribution in [0.2, 0.25) is 0 Å². The van der Waals surface area contributed by atoms with E-state index in [-0.39, 0.29) is 0 Å². The van der Waals surface area contributed by atoms with Crippen molar-refractivity contribution < 1.29 is 4.42 Å². The summed E-state index contributed by atoms with van der Waals surface area (Å²) in [5, 5.41) is 3.16. The van der Waals surface area contributed by atoms with Crippen molar-refractivity contribution in [1.29, 1.82) is 0 Å². The van der Waals surface area contributed by atoms with Crippen LogP contribution in [0.4, 0.5) is 0 Å². The normalized spacial score (nSPS) is 19.4. The molecule has 4 fully saturated rings. The fraction of sp³-hybridized carbons (Fsp3) is 0.156. The first kappa shape index (κ1) is 40.1. The van der Waals surface area contributed by atoms with E-state index in [2.05, 4.69) is 175 Å². The first-order chi connectivity index (χ1) is 34.0. The van der Waals surface area contributed by atoms with Gasteiger partial charge in [-0.1, -0.05) is 140 Å².